The monoisotopic (exact) mass is 401 g/mol. The van der Waals surface area contributed by atoms with Crippen molar-refractivity contribution in [2.75, 3.05) is 18.0 Å². The summed E-state index contributed by atoms with van der Waals surface area (Å²) in [5, 5.41) is 13.3. The fourth-order valence-electron chi connectivity index (χ4n) is 4.03. The number of benzene rings is 2. The van der Waals surface area contributed by atoms with Crippen LogP contribution in [0.1, 0.15) is 37.8 Å². The van der Waals surface area contributed by atoms with Crippen molar-refractivity contribution in [3.05, 3.63) is 64.9 Å². The molecule has 0 saturated heterocycles. The Bertz CT molecular complexity index is 992. The first-order valence-electron chi connectivity index (χ1n) is 9.73. The summed E-state index contributed by atoms with van der Waals surface area (Å²) in [5.74, 6) is 0.524. The van der Waals surface area contributed by atoms with E-state index in [-0.39, 0.29) is 11.1 Å². The summed E-state index contributed by atoms with van der Waals surface area (Å²) in [4.78, 5) is 6.69. The lowest BCUT2D eigenvalue weighted by molar-refractivity contribution is -0.358. The second-order valence-electron chi connectivity index (χ2n) is 7.64. The van der Waals surface area contributed by atoms with E-state index < -0.39 is 11.7 Å². The van der Waals surface area contributed by atoms with Gasteiger partial charge in [0, 0.05) is 24.6 Å². The molecule has 2 aromatic carbocycles. The van der Waals surface area contributed by atoms with Crippen LogP contribution >= 0.6 is 0 Å². The number of fused-ring (bicyclic) bond motifs is 3. The topological polar surface area (TPSA) is 41.7 Å². The molecule has 0 spiro atoms. The summed E-state index contributed by atoms with van der Waals surface area (Å²) in [6.07, 6.45) is -2.72. The van der Waals surface area contributed by atoms with E-state index in [0.717, 1.165) is 25.0 Å². The second-order valence-corrected chi connectivity index (χ2v) is 7.64. The average molecular weight is 401 g/mol. The van der Waals surface area contributed by atoms with Gasteiger partial charge in [0.05, 0.1) is 11.1 Å². The summed E-state index contributed by atoms with van der Waals surface area (Å²) >= 11 is 0. The van der Waals surface area contributed by atoms with Crippen LogP contribution in [0, 0.1) is 10.6 Å². The van der Waals surface area contributed by atoms with Gasteiger partial charge in [-0.3, -0.25) is 4.99 Å². The number of aliphatic imine (C=N–C) groups is 1. The number of hydrogen-bond donors (Lipinski definition) is 0. The second kappa shape index (κ2) is 6.90. The van der Waals surface area contributed by atoms with Gasteiger partial charge in [0.25, 0.3) is 5.71 Å². The lowest BCUT2D eigenvalue weighted by Gasteiger charge is -2.43. The Hall–Kier alpha value is -2.83. The first-order chi connectivity index (χ1) is 13.8. The lowest BCUT2D eigenvalue weighted by Crippen LogP contribution is -2.53. The van der Waals surface area contributed by atoms with Gasteiger partial charge < -0.3 is 10.1 Å². The molecule has 0 aliphatic carbocycles. The van der Waals surface area contributed by atoms with Crippen molar-refractivity contribution in [3.8, 4) is 0 Å². The first-order valence-corrected chi connectivity index (χ1v) is 9.73. The molecule has 0 atom stereocenters. The number of amidine groups is 1. The largest absolute Gasteiger partial charge is 0.618 e. The minimum Gasteiger partial charge on any atom is -0.618 e. The van der Waals surface area contributed by atoms with Gasteiger partial charge in [0.1, 0.15) is 5.69 Å². The Morgan fingerprint density at radius 2 is 1.79 bits per heavy atom. The molecule has 2 aliphatic heterocycles. The number of anilines is 1. The van der Waals surface area contributed by atoms with E-state index in [2.05, 4.69) is 13.8 Å². The molecule has 29 heavy (non-hydrogen) atoms. The molecule has 4 rings (SSSR count). The van der Waals surface area contributed by atoms with E-state index in [9.17, 15) is 18.4 Å². The molecule has 152 valence electrons. The van der Waals surface area contributed by atoms with Crippen molar-refractivity contribution in [3.63, 3.8) is 0 Å². The Morgan fingerprint density at radius 3 is 2.41 bits per heavy atom. The normalized spacial score (nSPS) is 18.2. The maximum Gasteiger partial charge on any atom is 0.416 e. The molecule has 2 aliphatic rings. The van der Waals surface area contributed by atoms with Crippen molar-refractivity contribution in [1.82, 2.24) is 0 Å². The molecule has 0 saturated carbocycles. The van der Waals surface area contributed by atoms with Crippen LogP contribution in [0.4, 0.5) is 24.5 Å². The summed E-state index contributed by atoms with van der Waals surface area (Å²) in [5.41, 5.74) is 0.487. The number of alkyl halides is 3. The molecule has 2 aromatic rings. The fraction of sp³-hybridized carbons (Fsp3) is 0.364. The molecular weight excluding hydrogens is 379 g/mol. The third-order valence-electron chi connectivity index (χ3n) is 6.09. The smallest absolute Gasteiger partial charge is 0.416 e. The minimum atomic E-state index is -4.52. The summed E-state index contributed by atoms with van der Waals surface area (Å²) in [6, 6.07) is 12.4. The quantitative estimate of drug-likeness (QED) is 0.512. The SMILES string of the molecule is CCC1(CC)CN=C2C(c3ccccc3)=[N+]([O-])c3cc(C(F)(F)F)ccc3N2C1. The molecule has 0 N–H and O–H groups in total. The highest BCUT2D eigenvalue weighted by Gasteiger charge is 2.44. The van der Waals surface area contributed by atoms with Crippen molar-refractivity contribution in [2.24, 2.45) is 10.4 Å². The van der Waals surface area contributed by atoms with E-state index >= 15 is 0 Å². The minimum absolute atomic E-state index is 0.000587. The van der Waals surface area contributed by atoms with Gasteiger partial charge >= 0.3 is 6.18 Å². The predicted molar refractivity (Wildman–Crippen MR) is 108 cm³/mol. The molecule has 2 heterocycles. The molecule has 0 aromatic heterocycles. The van der Waals surface area contributed by atoms with Crippen molar-refractivity contribution < 1.29 is 17.9 Å². The molecule has 0 amide bonds. The lowest BCUT2D eigenvalue weighted by atomic mass is 9.80. The molecule has 0 radical (unpaired) electrons. The maximum atomic E-state index is 13.3. The maximum absolute atomic E-state index is 13.3. The standard InChI is InChI=1S/C22H22F3N3O/c1-3-21(4-2)13-26-20-19(15-8-6-5-7-9-15)28(29)18-12-16(22(23,24)25)10-11-17(18)27(20)14-21/h5-12H,3-4,13-14H2,1-2H3. The van der Waals surface area contributed by atoms with Crippen LogP contribution in [0.15, 0.2) is 53.5 Å². The van der Waals surface area contributed by atoms with E-state index in [0.29, 0.717) is 40.6 Å². The van der Waals surface area contributed by atoms with Crippen molar-refractivity contribution in [2.45, 2.75) is 32.9 Å². The van der Waals surface area contributed by atoms with E-state index in [1.165, 1.54) is 6.07 Å². The van der Waals surface area contributed by atoms with Gasteiger partial charge in [-0.15, -0.1) is 0 Å². The van der Waals surface area contributed by atoms with Gasteiger partial charge in [-0.25, -0.2) is 0 Å². The van der Waals surface area contributed by atoms with Crippen LogP contribution in [0.25, 0.3) is 0 Å². The fourth-order valence-corrected chi connectivity index (χ4v) is 4.03. The molecule has 0 unspecified atom stereocenters. The third-order valence-corrected chi connectivity index (χ3v) is 6.09. The zero-order chi connectivity index (χ0) is 20.8. The summed E-state index contributed by atoms with van der Waals surface area (Å²) in [6.45, 7) is 5.40. The number of hydrogen-bond acceptors (Lipinski definition) is 3. The van der Waals surface area contributed by atoms with E-state index in [1.807, 2.05) is 11.0 Å². The van der Waals surface area contributed by atoms with Crippen LogP contribution < -0.4 is 4.90 Å². The van der Waals surface area contributed by atoms with E-state index in [1.54, 1.807) is 24.3 Å². The highest BCUT2D eigenvalue weighted by molar-refractivity contribution is 6.51. The molecule has 4 nitrogen and oxygen atoms in total. The van der Waals surface area contributed by atoms with Gasteiger partial charge in [-0.1, -0.05) is 32.0 Å². The highest BCUT2D eigenvalue weighted by Crippen LogP contribution is 2.42. The summed E-state index contributed by atoms with van der Waals surface area (Å²) < 4.78 is 40.5. The van der Waals surface area contributed by atoms with Gasteiger partial charge in [0.15, 0.2) is 0 Å². The average Bonchev–Trinajstić information content (AvgIpc) is 2.73. The van der Waals surface area contributed by atoms with Crippen LogP contribution in [-0.2, 0) is 6.18 Å². The number of halogens is 3. The Morgan fingerprint density at radius 1 is 1.10 bits per heavy atom. The zero-order valence-corrected chi connectivity index (χ0v) is 16.3. The predicted octanol–water partition coefficient (Wildman–Crippen LogP) is 5.38. The van der Waals surface area contributed by atoms with Crippen molar-refractivity contribution in [1.29, 1.82) is 0 Å². The van der Waals surface area contributed by atoms with Gasteiger partial charge in [-0.05, 0) is 37.1 Å². The van der Waals surface area contributed by atoms with Crippen LogP contribution in [0.5, 0.6) is 0 Å². The molecule has 0 bridgehead atoms. The Labute approximate surface area is 167 Å². The first kappa shape index (κ1) is 19.5. The summed E-state index contributed by atoms with van der Waals surface area (Å²) in [7, 11) is 0. The van der Waals surface area contributed by atoms with Gasteiger partial charge in [-0.2, -0.15) is 17.9 Å². The zero-order valence-electron chi connectivity index (χ0n) is 16.3. The molecule has 0 fully saturated rings. The number of nitrogens with zero attached hydrogens (tertiary/aromatic N) is 3. The number of rotatable bonds is 3. The van der Waals surface area contributed by atoms with Crippen molar-refractivity contribution >= 4 is 22.9 Å². The third kappa shape index (κ3) is 3.18. The van der Waals surface area contributed by atoms with Crippen LogP contribution in [0.2, 0.25) is 0 Å². The highest BCUT2D eigenvalue weighted by atomic mass is 19.4. The van der Waals surface area contributed by atoms with Crippen LogP contribution in [-0.4, -0.2) is 29.4 Å². The van der Waals surface area contributed by atoms with Crippen LogP contribution in [0.3, 0.4) is 0 Å². The Kier molecular flexibility index (Phi) is 4.63. The molecule has 7 heteroatoms. The Balaban J connectivity index is 1.97. The molecular formula is C22H22F3N3O. The van der Waals surface area contributed by atoms with E-state index in [4.69, 9.17) is 4.99 Å². The van der Waals surface area contributed by atoms with Gasteiger partial charge in [0.2, 0.25) is 11.5 Å².